The van der Waals surface area contributed by atoms with Gasteiger partial charge in [-0.2, -0.15) is 0 Å². The number of aromatic hydroxyl groups is 1. The lowest BCUT2D eigenvalue weighted by atomic mass is 9.95. The van der Waals surface area contributed by atoms with Gasteiger partial charge in [-0.05, 0) is 44.7 Å². The Labute approximate surface area is 226 Å². The molecule has 0 spiro atoms. The number of para-hydroxylation sites is 1. The molecular formula is C30H43N3O5. The molecule has 38 heavy (non-hydrogen) atoms. The molecule has 0 aliphatic rings. The number of alkyl carbamates (subject to hydrolysis) is 1. The predicted octanol–water partition coefficient (Wildman–Crippen LogP) is 5.32. The van der Waals surface area contributed by atoms with Crippen molar-refractivity contribution < 1.29 is 24.2 Å². The highest BCUT2D eigenvalue weighted by atomic mass is 16.6. The maximum absolute atomic E-state index is 14.1. The van der Waals surface area contributed by atoms with Gasteiger partial charge < -0.3 is 25.4 Å². The van der Waals surface area contributed by atoms with Gasteiger partial charge in [0.2, 0.25) is 11.8 Å². The van der Waals surface area contributed by atoms with Crippen molar-refractivity contribution in [1.82, 2.24) is 15.5 Å². The second-order valence-corrected chi connectivity index (χ2v) is 10.6. The van der Waals surface area contributed by atoms with E-state index in [9.17, 15) is 19.5 Å². The molecule has 8 heteroatoms. The van der Waals surface area contributed by atoms with Crippen LogP contribution in [0.1, 0.15) is 78.0 Å². The van der Waals surface area contributed by atoms with Crippen molar-refractivity contribution in [3.8, 4) is 5.75 Å². The average molecular weight is 526 g/mol. The first kappa shape index (κ1) is 30.7. The Morgan fingerprint density at radius 1 is 1.00 bits per heavy atom. The maximum Gasteiger partial charge on any atom is 0.408 e. The average Bonchev–Trinajstić information content (AvgIpc) is 2.87. The van der Waals surface area contributed by atoms with Gasteiger partial charge in [0.25, 0.3) is 0 Å². The van der Waals surface area contributed by atoms with E-state index in [1.165, 1.54) is 11.0 Å². The zero-order valence-electron chi connectivity index (χ0n) is 23.5. The normalized spacial score (nSPS) is 13.6. The van der Waals surface area contributed by atoms with Crippen LogP contribution in [0.25, 0.3) is 0 Å². The molecule has 0 saturated carbocycles. The minimum Gasteiger partial charge on any atom is -0.508 e. The highest BCUT2D eigenvalue weighted by Crippen LogP contribution is 2.31. The Balaban J connectivity index is 2.48. The van der Waals surface area contributed by atoms with Gasteiger partial charge in [0.05, 0.1) is 0 Å². The third kappa shape index (κ3) is 9.08. The molecule has 0 fully saturated rings. The van der Waals surface area contributed by atoms with Crippen molar-refractivity contribution >= 4 is 17.9 Å². The van der Waals surface area contributed by atoms with E-state index in [0.29, 0.717) is 18.4 Å². The Bertz CT molecular complexity index is 1050. The molecule has 0 saturated heterocycles. The van der Waals surface area contributed by atoms with Gasteiger partial charge in [0.1, 0.15) is 23.4 Å². The SMILES string of the molecule is CCCCN(C(=O)C(NC(=O)OC(C)(C)C)C(C)CC)C(C(=O)NCc1ccccc1)c1ccccc1O. The summed E-state index contributed by atoms with van der Waals surface area (Å²) in [7, 11) is 0. The molecule has 0 bridgehead atoms. The number of carbonyl (C=O) groups is 3. The van der Waals surface area contributed by atoms with Gasteiger partial charge in [0, 0.05) is 18.7 Å². The van der Waals surface area contributed by atoms with Crippen LogP contribution in [0.2, 0.25) is 0 Å². The Morgan fingerprint density at radius 3 is 2.21 bits per heavy atom. The second kappa shape index (κ2) is 14.4. The van der Waals surface area contributed by atoms with Crippen molar-refractivity contribution in [3.63, 3.8) is 0 Å². The molecule has 3 N–H and O–H groups in total. The van der Waals surface area contributed by atoms with Crippen LogP contribution < -0.4 is 10.6 Å². The van der Waals surface area contributed by atoms with E-state index < -0.39 is 35.6 Å². The number of hydrogen-bond acceptors (Lipinski definition) is 5. The number of amides is 3. The first-order valence-corrected chi connectivity index (χ1v) is 13.4. The van der Waals surface area contributed by atoms with Crippen molar-refractivity contribution in [2.75, 3.05) is 6.54 Å². The molecule has 8 nitrogen and oxygen atoms in total. The number of hydrogen-bond donors (Lipinski definition) is 3. The summed E-state index contributed by atoms with van der Waals surface area (Å²) in [5.74, 6) is -1.12. The van der Waals surface area contributed by atoms with E-state index in [4.69, 9.17) is 4.74 Å². The van der Waals surface area contributed by atoms with Gasteiger partial charge in [-0.25, -0.2) is 4.79 Å². The van der Waals surface area contributed by atoms with Crippen LogP contribution in [0, 0.1) is 5.92 Å². The molecule has 0 aromatic heterocycles. The summed E-state index contributed by atoms with van der Waals surface area (Å²) in [5.41, 5.74) is 0.500. The summed E-state index contributed by atoms with van der Waals surface area (Å²) < 4.78 is 5.43. The van der Waals surface area contributed by atoms with Gasteiger partial charge in [-0.3, -0.25) is 9.59 Å². The Morgan fingerprint density at radius 2 is 1.63 bits per heavy atom. The molecular weight excluding hydrogens is 482 g/mol. The fourth-order valence-corrected chi connectivity index (χ4v) is 4.04. The molecule has 3 unspecified atom stereocenters. The smallest absolute Gasteiger partial charge is 0.408 e. The molecule has 0 radical (unpaired) electrons. The number of nitrogens with zero attached hydrogens (tertiary/aromatic N) is 1. The highest BCUT2D eigenvalue weighted by Gasteiger charge is 2.38. The third-order valence-corrected chi connectivity index (χ3v) is 6.29. The van der Waals surface area contributed by atoms with Gasteiger partial charge in [-0.1, -0.05) is 82.1 Å². The molecule has 2 aromatic carbocycles. The van der Waals surface area contributed by atoms with Crippen LogP contribution in [0.15, 0.2) is 54.6 Å². The number of carbonyl (C=O) groups excluding carboxylic acids is 3. The van der Waals surface area contributed by atoms with Crippen molar-refractivity contribution in [1.29, 1.82) is 0 Å². The topological polar surface area (TPSA) is 108 Å². The van der Waals surface area contributed by atoms with Crippen LogP contribution in [-0.4, -0.2) is 46.1 Å². The molecule has 0 aliphatic carbocycles. The molecule has 0 aliphatic heterocycles. The summed E-state index contributed by atoms with van der Waals surface area (Å²) in [6.07, 6.45) is 1.35. The maximum atomic E-state index is 14.1. The van der Waals surface area contributed by atoms with Crippen molar-refractivity contribution in [3.05, 3.63) is 65.7 Å². The number of benzene rings is 2. The van der Waals surface area contributed by atoms with E-state index in [1.54, 1.807) is 39.0 Å². The van der Waals surface area contributed by atoms with Crippen LogP contribution >= 0.6 is 0 Å². The lowest BCUT2D eigenvalue weighted by molar-refractivity contribution is -0.143. The van der Waals surface area contributed by atoms with Gasteiger partial charge in [0.15, 0.2) is 0 Å². The molecule has 2 rings (SSSR count). The van der Waals surface area contributed by atoms with Crippen LogP contribution in [-0.2, 0) is 20.9 Å². The summed E-state index contributed by atoms with van der Waals surface area (Å²) in [6, 6.07) is 14.0. The molecule has 208 valence electrons. The van der Waals surface area contributed by atoms with Crippen LogP contribution in [0.3, 0.4) is 0 Å². The molecule has 2 aromatic rings. The number of phenolic OH excluding ortho intramolecular Hbond substituents is 1. The minimum absolute atomic E-state index is 0.0816. The molecule has 3 amide bonds. The third-order valence-electron chi connectivity index (χ3n) is 6.29. The number of rotatable bonds is 12. The first-order valence-electron chi connectivity index (χ1n) is 13.4. The summed E-state index contributed by atoms with van der Waals surface area (Å²) in [5, 5.41) is 16.4. The summed E-state index contributed by atoms with van der Waals surface area (Å²) >= 11 is 0. The van der Waals surface area contributed by atoms with Gasteiger partial charge in [-0.15, -0.1) is 0 Å². The largest absolute Gasteiger partial charge is 0.508 e. The zero-order chi connectivity index (χ0) is 28.3. The fourth-order valence-electron chi connectivity index (χ4n) is 4.04. The number of nitrogens with one attached hydrogen (secondary N) is 2. The number of ether oxygens (including phenoxy) is 1. The fraction of sp³-hybridized carbons (Fsp3) is 0.500. The second-order valence-electron chi connectivity index (χ2n) is 10.6. The van der Waals surface area contributed by atoms with Gasteiger partial charge >= 0.3 is 6.09 Å². The lowest BCUT2D eigenvalue weighted by Crippen LogP contribution is -2.55. The number of phenols is 1. The number of unbranched alkanes of at least 4 members (excludes halogenated alkanes) is 1. The van der Waals surface area contributed by atoms with Crippen molar-refractivity contribution in [2.45, 2.75) is 85.0 Å². The summed E-state index contributed by atoms with van der Waals surface area (Å²) in [4.78, 5) is 42.0. The van der Waals surface area contributed by atoms with E-state index >= 15 is 0 Å². The lowest BCUT2D eigenvalue weighted by Gasteiger charge is -2.36. The van der Waals surface area contributed by atoms with Crippen molar-refractivity contribution in [2.24, 2.45) is 5.92 Å². The van der Waals surface area contributed by atoms with Crippen LogP contribution in [0.4, 0.5) is 4.79 Å². The predicted molar refractivity (Wildman–Crippen MR) is 148 cm³/mol. The minimum atomic E-state index is -1.09. The zero-order valence-corrected chi connectivity index (χ0v) is 23.5. The van der Waals surface area contributed by atoms with E-state index in [1.807, 2.05) is 51.1 Å². The highest BCUT2D eigenvalue weighted by molar-refractivity contribution is 5.92. The molecule has 3 atom stereocenters. The Kier molecular flexibility index (Phi) is 11.6. The Hall–Kier alpha value is -3.55. The van der Waals surface area contributed by atoms with E-state index in [2.05, 4.69) is 10.6 Å². The summed E-state index contributed by atoms with van der Waals surface area (Å²) in [6.45, 7) is 11.6. The van der Waals surface area contributed by atoms with E-state index in [0.717, 1.165) is 12.0 Å². The van der Waals surface area contributed by atoms with Crippen LogP contribution in [0.5, 0.6) is 5.75 Å². The standard InChI is InChI=1S/C30H43N3O5/c1-7-9-19-33(28(36)25(21(3)8-2)32-29(37)38-30(4,5)6)26(23-17-13-14-18-24(23)34)27(35)31-20-22-15-11-10-12-16-22/h10-18,21,25-26,34H,7-9,19-20H2,1-6H3,(H,31,35)(H,32,37). The molecule has 0 heterocycles. The first-order chi connectivity index (χ1) is 18.0. The quantitative estimate of drug-likeness (QED) is 0.348. The monoisotopic (exact) mass is 525 g/mol. The van der Waals surface area contributed by atoms with E-state index in [-0.39, 0.29) is 24.8 Å².